The zero-order valence-corrected chi connectivity index (χ0v) is 14.1. The first-order valence-electron chi connectivity index (χ1n) is 8.63. The number of carbonyl (C=O) groups excluding carboxylic acids is 1. The zero-order valence-electron chi connectivity index (χ0n) is 14.1. The summed E-state index contributed by atoms with van der Waals surface area (Å²) in [6, 6.07) is 8.63. The molecule has 1 aromatic carbocycles. The second-order valence-corrected chi connectivity index (χ2v) is 6.32. The van der Waals surface area contributed by atoms with Crippen LogP contribution in [0.25, 0.3) is 0 Å². The van der Waals surface area contributed by atoms with Crippen LogP contribution in [0.5, 0.6) is 0 Å². The number of hydrogen-bond donors (Lipinski definition) is 3. The Bertz CT molecular complexity index is 493. The van der Waals surface area contributed by atoms with Gasteiger partial charge in [0, 0.05) is 38.8 Å². The van der Waals surface area contributed by atoms with Crippen LogP contribution in [0.2, 0.25) is 0 Å². The average Bonchev–Trinajstić information content (AvgIpc) is 2.56. The molecule has 1 aliphatic rings. The van der Waals surface area contributed by atoms with Crippen molar-refractivity contribution >= 4 is 6.03 Å². The number of carbonyl (C=O) groups is 1. The van der Waals surface area contributed by atoms with Gasteiger partial charge in [0.15, 0.2) is 0 Å². The number of urea groups is 1. The number of benzene rings is 1. The second kappa shape index (κ2) is 9.53. The van der Waals surface area contributed by atoms with Crippen LogP contribution in [-0.2, 0) is 13.0 Å². The van der Waals surface area contributed by atoms with E-state index in [2.05, 4.69) is 39.8 Å². The van der Waals surface area contributed by atoms with Crippen molar-refractivity contribution in [1.82, 2.24) is 15.5 Å². The minimum Gasteiger partial charge on any atom is -0.396 e. The van der Waals surface area contributed by atoms with Crippen LogP contribution in [0, 0.1) is 0 Å². The van der Waals surface area contributed by atoms with Crippen LogP contribution >= 0.6 is 0 Å². The number of aliphatic hydroxyl groups excluding tert-OH is 1. The third kappa shape index (κ3) is 6.20. The second-order valence-electron chi connectivity index (χ2n) is 6.32. The molecule has 0 radical (unpaired) electrons. The lowest BCUT2D eigenvalue weighted by Crippen LogP contribution is -2.42. The van der Waals surface area contributed by atoms with E-state index in [-0.39, 0.29) is 18.7 Å². The number of hydrogen-bond acceptors (Lipinski definition) is 3. The molecule has 23 heavy (non-hydrogen) atoms. The molecule has 2 amide bonds. The van der Waals surface area contributed by atoms with E-state index in [1.54, 1.807) is 0 Å². The molecular formula is C18H29N3O2. The fourth-order valence-electron chi connectivity index (χ4n) is 2.99. The van der Waals surface area contributed by atoms with Crippen molar-refractivity contribution in [2.75, 3.05) is 26.2 Å². The molecule has 2 rings (SSSR count). The molecule has 0 saturated carbocycles. The van der Waals surface area contributed by atoms with Crippen LogP contribution < -0.4 is 10.6 Å². The van der Waals surface area contributed by atoms with Gasteiger partial charge in [0.2, 0.25) is 0 Å². The van der Waals surface area contributed by atoms with Gasteiger partial charge in [0.1, 0.15) is 0 Å². The normalized spacial score (nSPS) is 15.7. The molecule has 0 aromatic heterocycles. The van der Waals surface area contributed by atoms with E-state index in [1.807, 2.05) is 6.92 Å². The molecule has 0 spiro atoms. The van der Waals surface area contributed by atoms with Crippen LogP contribution in [0.3, 0.4) is 0 Å². The van der Waals surface area contributed by atoms with Crippen LogP contribution in [0.4, 0.5) is 4.79 Å². The van der Waals surface area contributed by atoms with Crippen molar-refractivity contribution in [3.63, 3.8) is 0 Å². The monoisotopic (exact) mass is 319 g/mol. The standard InChI is InChI=1S/C18H29N3O2/c1-15(6-4-13-22)20-18(23)19-10-5-11-21-12-9-16-7-2-3-8-17(16)14-21/h2-3,7-8,15,22H,4-6,9-14H2,1H3,(H2,19,20,23). The molecule has 1 unspecified atom stereocenters. The molecule has 1 atom stereocenters. The van der Waals surface area contributed by atoms with Gasteiger partial charge >= 0.3 is 6.03 Å². The molecule has 128 valence electrons. The lowest BCUT2D eigenvalue weighted by Gasteiger charge is -2.28. The largest absolute Gasteiger partial charge is 0.396 e. The molecule has 1 aliphatic heterocycles. The van der Waals surface area contributed by atoms with Gasteiger partial charge in [-0.3, -0.25) is 4.90 Å². The SMILES string of the molecule is CC(CCCO)NC(=O)NCCCN1CCc2ccccc2C1. The highest BCUT2D eigenvalue weighted by atomic mass is 16.3. The van der Waals surface area contributed by atoms with Crippen LogP contribution in [0.15, 0.2) is 24.3 Å². The molecule has 0 aliphatic carbocycles. The van der Waals surface area contributed by atoms with Crippen molar-refractivity contribution in [1.29, 1.82) is 0 Å². The summed E-state index contributed by atoms with van der Waals surface area (Å²) in [7, 11) is 0. The molecule has 3 N–H and O–H groups in total. The topological polar surface area (TPSA) is 64.6 Å². The molecule has 1 heterocycles. The maximum atomic E-state index is 11.7. The zero-order chi connectivity index (χ0) is 16.5. The molecule has 5 nitrogen and oxygen atoms in total. The minimum absolute atomic E-state index is 0.0979. The van der Waals surface area contributed by atoms with Crippen molar-refractivity contribution in [3.8, 4) is 0 Å². The Morgan fingerprint density at radius 1 is 1.30 bits per heavy atom. The summed E-state index contributed by atoms with van der Waals surface area (Å²) in [5.74, 6) is 0. The van der Waals surface area contributed by atoms with Crippen LogP contribution in [0.1, 0.15) is 37.3 Å². The highest BCUT2D eigenvalue weighted by molar-refractivity contribution is 5.74. The first-order chi connectivity index (χ1) is 11.2. The maximum Gasteiger partial charge on any atom is 0.314 e. The summed E-state index contributed by atoms with van der Waals surface area (Å²) in [5.41, 5.74) is 2.90. The van der Waals surface area contributed by atoms with Gasteiger partial charge in [-0.1, -0.05) is 24.3 Å². The van der Waals surface area contributed by atoms with Crippen molar-refractivity contribution < 1.29 is 9.90 Å². The Morgan fingerprint density at radius 3 is 2.87 bits per heavy atom. The van der Waals surface area contributed by atoms with E-state index < -0.39 is 0 Å². The van der Waals surface area contributed by atoms with E-state index in [0.29, 0.717) is 6.54 Å². The highest BCUT2D eigenvalue weighted by Crippen LogP contribution is 2.18. The Hall–Kier alpha value is -1.59. The van der Waals surface area contributed by atoms with Gasteiger partial charge in [-0.2, -0.15) is 0 Å². The summed E-state index contributed by atoms with van der Waals surface area (Å²) in [6.45, 7) is 5.94. The highest BCUT2D eigenvalue weighted by Gasteiger charge is 2.15. The predicted molar refractivity (Wildman–Crippen MR) is 92.4 cm³/mol. The van der Waals surface area contributed by atoms with E-state index in [0.717, 1.165) is 45.3 Å². The first kappa shape index (κ1) is 17.8. The van der Waals surface area contributed by atoms with Crippen molar-refractivity contribution in [2.24, 2.45) is 0 Å². The Labute approximate surface area is 139 Å². The van der Waals surface area contributed by atoms with Crippen LogP contribution in [-0.4, -0.2) is 48.3 Å². The minimum atomic E-state index is -0.112. The van der Waals surface area contributed by atoms with E-state index in [4.69, 9.17) is 5.11 Å². The van der Waals surface area contributed by atoms with Gasteiger partial charge < -0.3 is 15.7 Å². The summed E-state index contributed by atoms with van der Waals surface area (Å²) in [4.78, 5) is 14.2. The quantitative estimate of drug-likeness (QED) is 0.641. The summed E-state index contributed by atoms with van der Waals surface area (Å²) in [5, 5.41) is 14.6. The lowest BCUT2D eigenvalue weighted by molar-refractivity contribution is 0.230. The van der Waals surface area contributed by atoms with Gasteiger partial charge in [0.25, 0.3) is 0 Å². The number of rotatable bonds is 8. The Morgan fingerprint density at radius 2 is 2.09 bits per heavy atom. The lowest BCUT2D eigenvalue weighted by atomic mass is 10.00. The number of amides is 2. The summed E-state index contributed by atoms with van der Waals surface area (Å²) < 4.78 is 0. The maximum absolute atomic E-state index is 11.7. The predicted octanol–water partition coefficient (Wildman–Crippen LogP) is 1.89. The van der Waals surface area contributed by atoms with Gasteiger partial charge in [-0.15, -0.1) is 0 Å². The number of fused-ring (bicyclic) bond motifs is 1. The van der Waals surface area contributed by atoms with E-state index >= 15 is 0 Å². The molecule has 1 aromatic rings. The first-order valence-corrected chi connectivity index (χ1v) is 8.63. The van der Waals surface area contributed by atoms with Crippen molar-refractivity contribution in [2.45, 2.75) is 45.2 Å². The van der Waals surface area contributed by atoms with E-state index in [1.165, 1.54) is 11.1 Å². The molecule has 0 saturated heterocycles. The Balaban J connectivity index is 1.58. The average molecular weight is 319 g/mol. The third-order valence-corrected chi connectivity index (χ3v) is 4.32. The number of aliphatic hydroxyl groups is 1. The van der Waals surface area contributed by atoms with E-state index in [9.17, 15) is 4.79 Å². The summed E-state index contributed by atoms with van der Waals surface area (Å²) >= 11 is 0. The fourth-order valence-corrected chi connectivity index (χ4v) is 2.99. The molecule has 0 bridgehead atoms. The van der Waals surface area contributed by atoms with Gasteiger partial charge in [0.05, 0.1) is 0 Å². The van der Waals surface area contributed by atoms with Gasteiger partial charge in [-0.25, -0.2) is 4.79 Å². The molecule has 5 heteroatoms. The Kier molecular flexibility index (Phi) is 7.36. The smallest absolute Gasteiger partial charge is 0.314 e. The van der Waals surface area contributed by atoms with Gasteiger partial charge in [-0.05, 0) is 43.7 Å². The fraction of sp³-hybridized carbons (Fsp3) is 0.611. The van der Waals surface area contributed by atoms with Crippen molar-refractivity contribution in [3.05, 3.63) is 35.4 Å². The molecule has 0 fully saturated rings. The number of nitrogens with one attached hydrogen (secondary N) is 2. The summed E-state index contributed by atoms with van der Waals surface area (Å²) in [6.07, 6.45) is 3.60. The third-order valence-electron chi connectivity index (χ3n) is 4.32. The molecular weight excluding hydrogens is 290 g/mol. The number of nitrogens with zero attached hydrogens (tertiary/aromatic N) is 1.